The third-order valence-electron chi connectivity index (χ3n) is 6.93. The Morgan fingerprint density at radius 3 is 2.63 bits per heavy atom. The van der Waals surface area contributed by atoms with E-state index in [1.54, 1.807) is 0 Å². The minimum atomic E-state index is 0.0395. The molecule has 2 aliphatic carbocycles. The molecule has 3 nitrogen and oxygen atoms in total. The lowest BCUT2D eigenvalue weighted by Gasteiger charge is -2.43. The van der Waals surface area contributed by atoms with Crippen molar-refractivity contribution in [2.45, 2.75) is 51.1 Å². The maximum Gasteiger partial charge on any atom is 0.251 e. The SMILES string of the molecule is CC(C)NC(=O)c1ccc2c(c1)[C@@H]1[C@H]3CC[C@@H](C3)[C@H]1[C@H](c1ccccc1)N2. The van der Waals surface area contributed by atoms with Crippen LogP contribution in [0.2, 0.25) is 0 Å². The van der Waals surface area contributed by atoms with Crippen LogP contribution < -0.4 is 10.6 Å². The summed E-state index contributed by atoms with van der Waals surface area (Å²) in [6.45, 7) is 4.02. The highest BCUT2D eigenvalue weighted by Gasteiger charge is 2.53. The van der Waals surface area contributed by atoms with Gasteiger partial charge in [-0.1, -0.05) is 30.3 Å². The first-order valence-electron chi connectivity index (χ1n) is 10.4. The van der Waals surface area contributed by atoms with Gasteiger partial charge in [-0.3, -0.25) is 4.79 Å². The van der Waals surface area contributed by atoms with Crippen LogP contribution in [-0.2, 0) is 0 Å². The number of carbonyl (C=O) groups is 1. The molecule has 2 N–H and O–H groups in total. The summed E-state index contributed by atoms with van der Waals surface area (Å²) < 4.78 is 0. The van der Waals surface area contributed by atoms with Gasteiger partial charge in [0, 0.05) is 17.3 Å². The Hall–Kier alpha value is -2.29. The predicted molar refractivity (Wildman–Crippen MR) is 109 cm³/mol. The second-order valence-electron chi connectivity index (χ2n) is 8.90. The highest BCUT2D eigenvalue weighted by Crippen LogP contribution is 2.63. The van der Waals surface area contributed by atoms with Crippen LogP contribution in [0.4, 0.5) is 5.69 Å². The lowest BCUT2D eigenvalue weighted by Crippen LogP contribution is -2.36. The number of nitrogens with one attached hydrogen (secondary N) is 2. The van der Waals surface area contributed by atoms with Gasteiger partial charge in [-0.2, -0.15) is 0 Å². The molecule has 3 aliphatic rings. The molecule has 1 amide bonds. The van der Waals surface area contributed by atoms with E-state index in [4.69, 9.17) is 0 Å². The fourth-order valence-corrected chi connectivity index (χ4v) is 5.96. The van der Waals surface area contributed by atoms with Gasteiger partial charge in [-0.15, -0.1) is 0 Å². The molecule has 2 aromatic rings. The molecule has 0 radical (unpaired) electrons. The number of hydrogen-bond donors (Lipinski definition) is 2. The van der Waals surface area contributed by atoms with Crippen molar-refractivity contribution >= 4 is 11.6 Å². The zero-order valence-electron chi connectivity index (χ0n) is 16.1. The number of amides is 1. The highest BCUT2D eigenvalue weighted by atomic mass is 16.1. The molecule has 0 unspecified atom stereocenters. The van der Waals surface area contributed by atoms with E-state index in [1.165, 1.54) is 36.1 Å². The summed E-state index contributed by atoms with van der Waals surface area (Å²) in [7, 11) is 0. The average molecular weight is 361 g/mol. The number of carbonyl (C=O) groups excluding carboxylic acids is 1. The van der Waals surface area contributed by atoms with Crippen molar-refractivity contribution in [2.75, 3.05) is 5.32 Å². The molecule has 3 heteroatoms. The van der Waals surface area contributed by atoms with Gasteiger partial charge in [-0.25, -0.2) is 0 Å². The van der Waals surface area contributed by atoms with E-state index in [2.05, 4.69) is 53.1 Å². The largest absolute Gasteiger partial charge is 0.378 e. The summed E-state index contributed by atoms with van der Waals surface area (Å²) in [5.41, 5.74) is 4.78. The van der Waals surface area contributed by atoms with Gasteiger partial charge >= 0.3 is 0 Å². The maximum absolute atomic E-state index is 12.5. The number of hydrogen-bond acceptors (Lipinski definition) is 2. The van der Waals surface area contributed by atoms with Crippen LogP contribution in [-0.4, -0.2) is 11.9 Å². The Morgan fingerprint density at radius 2 is 1.85 bits per heavy atom. The number of anilines is 1. The van der Waals surface area contributed by atoms with Crippen molar-refractivity contribution < 1.29 is 4.79 Å². The smallest absolute Gasteiger partial charge is 0.251 e. The van der Waals surface area contributed by atoms with Gasteiger partial charge < -0.3 is 10.6 Å². The lowest BCUT2D eigenvalue weighted by molar-refractivity contribution is 0.0943. The van der Waals surface area contributed by atoms with E-state index in [-0.39, 0.29) is 11.9 Å². The normalized spacial score (nSPS) is 30.6. The first-order chi connectivity index (χ1) is 13.1. The summed E-state index contributed by atoms with van der Waals surface area (Å²) in [5.74, 6) is 2.84. The predicted octanol–water partition coefficient (Wildman–Crippen LogP) is 5.12. The molecule has 2 aromatic carbocycles. The Balaban J connectivity index is 1.55. The van der Waals surface area contributed by atoms with E-state index in [1.807, 2.05) is 19.9 Å². The molecule has 1 aliphatic heterocycles. The van der Waals surface area contributed by atoms with Crippen molar-refractivity contribution in [3.8, 4) is 0 Å². The molecule has 1 heterocycles. The quantitative estimate of drug-likeness (QED) is 0.797. The van der Waals surface area contributed by atoms with Crippen molar-refractivity contribution in [1.29, 1.82) is 0 Å². The first-order valence-corrected chi connectivity index (χ1v) is 10.4. The molecule has 0 spiro atoms. The molecule has 5 atom stereocenters. The van der Waals surface area contributed by atoms with E-state index < -0.39 is 0 Å². The summed E-state index contributed by atoms with van der Waals surface area (Å²) in [6, 6.07) is 17.7. The summed E-state index contributed by atoms with van der Waals surface area (Å²) >= 11 is 0. The van der Waals surface area contributed by atoms with Crippen LogP contribution in [0, 0.1) is 17.8 Å². The van der Waals surface area contributed by atoms with E-state index in [0.717, 1.165) is 17.4 Å². The zero-order chi connectivity index (χ0) is 18.5. The van der Waals surface area contributed by atoms with E-state index in [9.17, 15) is 4.79 Å². The molecule has 2 bridgehead atoms. The van der Waals surface area contributed by atoms with Gasteiger partial charge in [0.15, 0.2) is 0 Å². The lowest BCUT2D eigenvalue weighted by atomic mass is 9.68. The second-order valence-corrected chi connectivity index (χ2v) is 8.90. The number of fused-ring (bicyclic) bond motifs is 7. The van der Waals surface area contributed by atoms with Crippen LogP contribution in [0.15, 0.2) is 48.5 Å². The molecule has 140 valence electrons. The van der Waals surface area contributed by atoms with Crippen LogP contribution >= 0.6 is 0 Å². The van der Waals surface area contributed by atoms with E-state index >= 15 is 0 Å². The van der Waals surface area contributed by atoms with Gasteiger partial charge in [0.25, 0.3) is 5.91 Å². The van der Waals surface area contributed by atoms with Crippen LogP contribution in [0.5, 0.6) is 0 Å². The van der Waals surface area contributed by atoms with Crippen molar-refractivity contribution in [2.24, 2.45) is 17.8 Å². The monoisotopic (exact) mass is 360 g/mol. The maximum atomic E-state index is 12.5. The van der Waals surface area contributed by atoms with Crippen molar-refractivity contribution in [3.63, 3.8) is 0 Å². The molecule has 0 aromatic heterocycles. The van der Waals surface area contributed by atoms with Gasteiger partial charge in [0.1, 0.15) is 0 Å². The van der Waals surface area contributed by atoms with E-state index in [0.29, 0.717) is 17.9 Å². The first kappa shape index (κ1) is 16.9. The Bertz CT molecular complexity index is 860. The van der Waals surface area contributed by atoms with Crippen molar-refractivity contribution in [3.05, 3.63) is 65.2 Å². The fraction of sp³-hybridized carbons (Fsp3) is 0.458. The number of rotatable bonds is 3. The van der Waals surface area contributed by atoms with Gasteiger partial charge in [0.05, 0.1) is 6.04 Å². The zero-order valence-corrected chi connectivity index (χ0v) is 16.1. The standard InChI is InChI=1S/C24H28N2O/c1-14(2)25-24(27)18-10-11-20-19(13-18)21-16-8-9-17(12-16)22(21)23(26-20)15-6-4-3-5-7-15/h3-7,10-11,13-14,16-17,21-23,26H,8-9,12H2,1-2H3,(H,25,27)/t16-,17-,21-,22+,23-/m0/s1. The summed E-state index contributed by atoms with van der Waals surface area (Å²) in [6.07, 6.45) is 4.05. The van der Waals surface area contributed by atoms with Gasteiger partial charge in [0.2, 0.25) is 0 Å². The molecule has 5 rings (SSSR count). The number of benzene rings is 2. The molecule has 27 heavy (non-hydrogen) atoms. The third kappa shape index (κ3) is 2.75. The summed E-state index contributed by atoms with van der Waals surface area (Å²) in [4.78, 5) is 12.5. The molecular formula is C24H28N2O. The Labute approximate surface area is 161 Å². The minimum absolute atomic E-state index is 0.0395. The van der Waals surface area contributed by atoms with Crippen LogP contribution in [0.1, 0.15) is 66.6 Å². The average Bonchev–Trinajstić information content (AvgIpc) is 3.29. The fourth-order valence-electron chi connectivity index (χ4n) is 5.96. The topological polar surface area (TPSA) is 41.1 Å². The molecular weight excluding hydrogens is 332 g/mol. The Morgan fingerprint density at radius 1 is 1.07 bits per heavy atom. The van der Waals surface area contributed by atoms with Crippen LogP contribution in [0.3, 0.4) is 0 Å². The second kappa shape index (κ2) is 6.40. The summed E-state index contributed by atoms with van der Waals surface area (Å²) in [5, 5.41) is 6.88. The van der Waals surface area contributed by atoms with Crippen molar-refractivity contribution in [1.82, 2.24) is 5.32 Å². The molecule has 2 saturated carbocycles. The highest BCUT2D eigenvalue weighted by molar-refractivity contribution is 5.95. The minimum Gasteiger partial charge on any atom is -0.378 e. The molecule has 0 saturated heterocycles. The molecule has 2 fully saturated rings. The third-order valence-corrected chi connectivity index (χ3v) is 6.93. The van der Waals surface area contributed by atoms with Crippen LogP contribution in [0.25, 0.3) is 0 Å². The van der Waals surface area contributed by atoms with Gasteiger partial charge in [-0.05, 0) is 86.1 Å². The Kier molecular flexibility index (Phi) is 3.99.